The minimum atomic E-state index is -0.220. The van der Waals surface area contributed by atoms with E-state index in [1.807, 2.05) is 24.7 Å². The Morgan fingerprint density at radius 2 is 2.32 bits per heavy atom. The Morgan fingerprint density at radius 3 is 2.91 bits per heavy atom. The summed E-state index contributed by atoms with van der Waals surface area (Å²) in [7, 11) is 3.37. The third-order valence-corrected chi connectivity index (χ3v) is 4.46. The van der Waals surface area contributed by atoms with Crippen LogP contribution in [0.5, 0.6) is 0 Å². The Balaban J connectivity index is 0.000000202. The normalized spacial score (nSPS) is 27.2. The molecule has 0 amide bonds. The Kier molecular flexibility index (Phi) is 3.61. The number of nitrogens with zero attached hydrogens (tertiary/aromatic N) is 2. The first-order chi connectivity index (χ1) is 10.6. The predicted octanol–water partition coefficient (Wildman–Crippen LogP) is 2.97. The van der Waals surface area contributed by atoms with Crippen LogP contribution in [0.3, 0.4) is 0 Å². The summed E-state index contributed by atoms with van der Waals surface area (Å²) in [5, 5.41) is 0. The first kappa shape index (κ1) is 14.6. The number of methoxy groups -OCH3 is 1. The zero-order chi connectivity index (χ0) is 15.7. The first-order valence-electron chi connectivity index (χ1n) is 7.37. The minimum Gasteiger partial charge on any atom is -0.465 e. The number of hydrogen-bond donors (Lipinski definition) is 0. The van der Waals surface area contributed by atoms with E-state index in [4.69, 9.17) is 4.74 Å². The van der Waals surface area contributed by atoms with Gasteiger partial charge < -0.3 is 9.30 Å². The van der Waals surface area contributed by atoms with E-state index in [1.165, 1.54) is 12.7 Å². The summed E-state index contributed by atoms with van der Waals surface area (Å²) in [5.41, 5.74) is 3.19. The molecule has 4 nitrogen and oxygen atoms in total. The van der Waals surface area contributed by atoms with Crippen LogP contribution >= 0.6 is 0 Å². The van der Waals surface area contributed by atoms with Crippen molar-refractivity contribution in [2.24, 2.45) is 18.4 Å². The second kappa shape index (κ2) is 5.44. The lowest BCUT2D eigenvalue weighted by molar-refractivity contribution is -0.135. The maximum atomic E-state index is 11.6. The lowest BCUT2D eigenvalue weighted by Crippen LogP contribution is -2.16. The van der Waals surface area contributed by atoms with Crippen LogP contribution in [-0.2, 0) is 16.6 Å². The van der Waals surface area contributed by atoms with Gasteiger partial charge in [-0.3, -0.25) is 0 Å². The van der Waals surface area contributed by atoms with E-state index in [2.05, 4.69) is 35.4 Å². The lowest BCUT2D eigenvalue weighted by Gasteiger charge is -2.23. The summed E-state index contributed by atoms with van der Waals surface area (Å²) in [4.78, 5) is 15.4. The molecule has 0 aromatic carbocycles. The van der Waals surface area contributed by atoms with Gasteiger partial charge in [0, 0.05) is 24.9 Å². The van der Waals surface area contributed by atoms with Crippen molar-refractivity contribution in [1.82, 2.24) is 9.55 Å². The highest BCUT2D eigenvalue weighted by atomic mass is 16.5. The molecule has 1 aromatic heterocycles. The van der Waals surface area contributed by atoms with Crippen molar-refractivity contribution in [3.05, 3.63) is 65.8 Å². The highest BCUT2D eigenvalue weighted by Crippen LogP contribution is 2.63. The molecule has 4 rings (SSSR count). The summed E-state index contributed by atoms with van der Waals surface area (Å²) < 4.78 is 6.71. The third-order valence-electron chi connectivity index (χ3n) is 4.46. The van der Waals surface area contributed by atoms with Crippen molar-refractivity contribution in [2.75, 3.05) is 7.11 Å². The minimum absolute atomic E-state index is 0.109. The van der Waals surface area contributed by atoms with Gasteiger partial charge in [-0.2, -0.15) is 0 Å². The molecule has 1 heterocycles. The van der Waals surface area contributed by atoms with Crippen molar-refractivity contribution in [2.45, 2.75) is 13.3 Å². The molecule has 4 heteroatoms. The van der Waals surface area contributed by atoms with Gasteiger partial charge in [0.25, 0.3) is 0 Å². The summed E-state index contributed by atoms with van der Waals surface area (Å²) in [6.07, 6.45) is 17.2. The van der Waals surface area contributed by atoms with E-state index in [-0.39, 0.29) is 11.4 Å². The number of ether oxygens (including phenoxy) is 1. The molecule has 1 aromatic rings. The van der Waals surface area contributed by atoms with Gasteiger partial charge in [-0.15, -0.1) is 0 Å². The van der Waals surface area contributed by atoms with Crippen LogP contribution in [0.1, 0.15) is 13.3 Å². The largest absolute Gasteiger partial charge is 0.465 e. The molecule has 1 fully saturated rings. The number of aryl methyl sites for hydroxylation is 1. The molecule has 3 aliphatic carbocycles. The topological polar surface area (TPSA) is 44.1 Å². The molecule has 0 radical (unpaired) electrons. The quantitative estimate of drug-likeness (QED) is 0.748. The number of esters is 1. The molecule has 1 spiro atoms. The lowest BCUT2D eigenvalue weighted by atomic mass is 9.81. The van der Waals surface area contributed by atoms with Gasteiger partial charge in [-0.1, -0.05) is 30.4 Å². The molecule has 2 atom stereocenters. The summed E-state index contributed by atoms with van der Waals surface area (Å²) >= 11 is 0. The van der Waals surface area contributed by atoms with Crippen molar-refractivity contribution in [3.8, 4) is 0 Å². The van der Waals surface area contributed by atoms with E-state index in [1.54, 1.807) is 12.5 Å². The second-order valence-corrected chi connectivity index (χ2v) is 5.96. The molecular formula is C18H20N2O2. The van der Waals surface area contributed by atoms with Crippen LogP contribution in [0, 0.1) is 11.3 Å². The van der Waals surface area contributed by atoms with Gasteiger partial charge in [0.1, 0.15) is 0 Å². The fourth-order valence-corrected chi connectivity index (χ4v) is 3.09. The number of allylic oxidation sites excluding steroid dienone is 6. The Morgan fingerprint density at radius 1 is 1.50 bits per heavy atom. The fourth-order valence-electron chi connectivity index (χ4n) is 3.09. The number of carbonyl (C=O) groups is 1. The molecule has 0 saturated heterocycles. The number of aromatic nitrogens is 2. The monoisotopic (exact) mass is 296 g/mol. The number of rotatable bonds is 1. The maximum absolute atomic E-state index is 11.6. The molecule has 2 unspecified atom stereocenters. The number of carbonyl (C=O) groups excluding carboxylic acids is 1. The van der Waals surface area contributed by atoms with Gasteiger partial charge in [0.15, 0.2) is 0 Å². The fraction of sp³-hybridized carbons (Fsp3) is 0.333. The smallest absolute Gasteiger partial charge is 0.337 e. The summed E-state index contributed by atoms with van der Waals surface area (Å²) in [6, 6.07) is 0. The van der Waals surface area contributed by atoms with E-state index in [0.29, 0.717) is 5.92 Å². The number of hydrogen-bond acceptors (Lipinski definition) is 3. The van der Waals surface area contributed by atoms with E-state index in [9.17, 15) is 4.79 Å². The van der Waals surface area contributed by atoms with Crippen molar-refractivity contribution < 1.29 is 9.53 Å². The molecular weight excluding hydrogens is 276 g/mol. The van der Waals surface area contributed by atoms with Crippen molar-refractivity contribution in [3.63, 3.8) is 0 Å². The predicted molar refractivity (Wildman–Crippen MR) is 84.8 cm³/mol. The van der Waals surface area contributed by atoms with E-state index >= 15 is 0 Å². The van der Waals surface area contributed by atoms with Crippen molar-refractivity contribution in [1.29, 1.82) is 0 Å². The Hall–Kier alpha value is -2.36. The molecule has 3 aliphatic rings. The third kappa shape index (κ3) is 2.45. The molecule has 0 N–H and O–H groups in total. The van der Waals surface area contributed by atoms with Crippen LogP contribution in [-0.4, -0.2) is 22.6 Å². The maximum Gasteiger partial charge on any atom is 0.337 e. The Bertz CT molecular complexity index is 707. The molecule has 0 aliphatic heterocycles. The van der Waals surface area contributed by atoms with Gasteiger partial charge in [0.05, 0.1) is 19.0 Å². The van der Waals surface area contributed by atoms with Gasteiger partial charge in [0.2, 0.25) is 0 Å². The van der Waals surface area contributed by atoms with Gasteiger partial charge in [-0.25, -0.2) is 9.78 Å². The highest BCUT2D eigenvalue weighted by Gasteiger charge is 2.55. The number of imidazole rings is 1. The SMILES string of the molecule is COC(=O)C1=CC23CC2C=CC=C3C=C1C.Cn1ccnc1. The van der Waals surface area contributed by atoms with Gasteiger partial charge in [-0.05, 0) is 30.4 Å². The molecule has 114 valence electrons. The second-order valence-electron chi connectivity index (χ2n) is 5.96. The zero-order valence-corrected chi connectivity index (χ0v) is 13.1. The van der Waals surface area contributed by atoms with Crippen LogP contribution in [0.15, 0.2) is 65.8 Å². The summed E-state index contributed by atoms with van der Waals surface area (Å²) in [5.74, 6) is 0.360. The van der Waals surface area contributed by atoms with Crippen molar-refractivity contribution >= 4 is 5.97 Å². The average molecular weight is 296 g/mol. The van der Waals surface area contributed by atoms with Gasteiger partial charge >= 0.3 is 5.97 Å². The van der Waals surface area contributed by atoms with Crippen LogP contribution in [0.25, 0.3) is 0 Å². The summed E-state index contributed by atoms with van der Waals surface area (Å²) in [6.45, 7) is 1.96. The van der Waals surface area contributed by atoms with E-state index < -0.39 is 0 Å². The highest BCUT2D eigenvalue weighted by molar-refractivity contribution is 5.94. The Labute approximate surface area is 130 Å². The molecule has 0 bridgehead atoms. The first-order valence-corrected chi connectivity index (χ1v) is 7.37. The van der Waals surface area contributed by atoms with Crippen LogP contribution in [0.4, 0.5) is 0 Å². The van der Waals surface area contributed by atoms with E-state index in [0.717, 1.165) is 17.6 Å². The molecule has 1 saturated carbocycles. The van der Waals surface area contributed by atoms with Crippen LogP contribution in [0.2, 0.25) is 0 Å². The van der Waals surface area contributed by atoms with Crippen LogP contribution < -0.4 is 0 Å². The standard InChI is InChI=1S/C14H14O2.C4H6N2/c1-9-6-10-4-3-5-11-7-14(10,11)8-12(9)13(15)16-2;1-6-3-2-5-4-6/h3-6,8,11H,7H2,1-2H3;2-4H,1H3. The zero-order valence-electron chi connectivity index (χ0n) is 13.1. The molecule has 22 heavy (non-hydrogen) atoms. The average Bonchev–Trinajstić information content (AvgIpc) is 3.04.